The number of aliphatic hydroxyl groups excluding tert-OH is 2. The van der Waals surface area contributed by atoms with Gasteiger partial charge in [0.25, 0.3) is 0 Å². The molecule has 0 spiro atoms. The van der Waals surface area contributed by atoms with Crippen LogP contribution in [-0.2, 0) is 19.1 Å². The molecule has 0 aliphatic carbocycles. The van der Waals surface area contributed by atoms with Gasteiger partial charge in [0.15, 0.2) is 0 Å². The van der Waals surface area contributed by atoms with E-state index in [1.807, 2.05) is 11.8 Å². The van der Waals surface area contributed by atoms with E-state index >= 15 is 0 Å². The molecule has 0 aromatic rings. The van der Waals surface area contributed by atoms with Gasteiger partial charge in [-0.25, -0.2) is 4.79 Å². The molecule has 0 aromatic heterocycles. The summed E-state index contributed by atoms with van der Waals surface area (Å²) in [4.78, 5) is 46.6. The van der Waals surface area contributed by atoms with E-state index in [4.69, 9.17) is 9.84 Å². The maximum atomic E-state index is 11.8. The second-order valence-electron chi connectivity index (χ2n) is 8.30. The Morgan fingerprint density at radius 2 is 1.94 bits per heavy atom. The van der Waals surface area contributed by atoms with E-state index in [2.05, 4.69) is 16.0 Å². The number of carbonyl (C=O) groups excluding carboxylic acids is 4. The van der Waals surface area contributed by atoms with Crippen molar-refractivity contribution in [2.24, 2.45) is 5.41 Å². The molecule has 174 valence electrons. The van der Waals surface area contributed by atoms with Crippen LogP contribution in [0, 0.1) is 5.41 Å². The molecule has 0 bridgehead atoms. The Morgan fingerprint density at radius 1 is 1.26 bits per heavy atom. The summed E-state index contributed by atoms with van der Waals surface area (Å²) in [5, 5.41) is 27.5. The van der Waals surface area contributed by atoms with Crippen molar-refractivity contribution in [2.75, 3.05) is 18.9 Å². The van der Waals surface area contributed by atoms with Crippen LogP contribution >= 0.6 is 11.8 Å². The van der Waals surface area contributed by atoms with Crippen LogP contribution in [-0.4, -0.2) is 114 Å². The Bertz CT molecular complexity index is 675. The number of rotatable bonds is 11. The van der Waals surface area contributed by atoms with Crippen molar-refractivity contribution in [3.8, 4) is 0 Å². The van der Waals surface area contributed by atoms with Gasteiger partial charge >= 0.3 is 55.7 Å². The molecule has 0 aromatic carbocycles. The molecule has 12 heteroatoms. The normalized spacial score (nSPS) is 23.1. The quantitative estimate of drug-likeness (QED) is 0.0860. The Labute approximate surface area is 219 Å². The molecule has 2 fully saturated rings. The summed E-state index contributed by atoms with van der Waals surface area (Å²) in [6, 6.07) is 0.180. The van der Waals surface area contributed by atoms with Crippen molar-refractivity contribution in [1.29, 1.82) is 0 Å². The third-order valence-electron chi connectivity index (χ3n) is 5.31. The molecule has 4 atom stereocenters. The zero-order chi connectivity index (χ0) is 22.3. The molecular formula is C19H33CaN3O7S. The van der Waals surface area contributed by atoms with Gasteiger partial charge in [0.2, 0.25) is 5.91 Å². The van der Waals surface area contributed by atoms with Gasteiger partial charge in [-0.1, -0.05) is 20.3 Å². The fourth-order valence-electron chi connectivity index (χ4n) is 3.31. The zero-order valence-corrected chi connectivity index (χ0v) is 21.0. The first-order chi connectivity index (χ1) is 14.1. The minimum absolute atomic E-state index is 0. The topological polar surface area (TPSA) is 154 Å². The number of carbonyl (C=O) groups is 4. The van der Waals surface area contributed by atoms with Gasteiger partial charge in [0, 0.05) is 29.4 Å². The van der Waals surface area contributed by atoms with Gasteiger partial charge in [-0.15, -0.1) is 0 Å². The van der Waals surface area contributed by atoms with Crippen molar-refractivity contribution in [1.82, 2.24) is 16.0 Å². The van der Waals surface area contributed by atoms with Crippen LogP contribution in [0.1, 0.15) is 48.8 Å². The van der Waals surface area contributed by atoms with Crippen LogP contribution in [0.5, 0.6) is 0 Å². The van der Waals surface area contributed by atoms with Crippen LogP contribution in [0.25, 0.3) is 0 Å². The van der Waals surface area contributed by atoms with Crippen LogP contribution < -0.4 is 16.0 Å². The van der Waals surface area contributed by atoms with Gasteiger partial charge in [-0.3, -0.25) is 14.4 Å². The smallest absolute Gasteiger partial charge is 1.00 e. The van der Waals surface area contributed by atoms with Gasteiger partial charge in [0.05, 0.1) is 25.1 Å². The van der Waals surface area contributed by atoms with Crippen LogP contribution in [0.2, 0.25) is 0 Å². The molecule has 31 heavy (non-hydrogen) atoms. The molecule has 0 unspecified atom stereocenters. The third-order valence-corrected chi connectivity index (χ3v) is 6.82. The number of nitrogens with one attached hydrogen (secondary N) is 3. The van der Waals surface area contributed by atoms with Crippen LogP contribution in [0.3, 0.4) is 0 Å². The summed E-state index contributed by atoms with van der Waals surface area (Å²) in [7, 11) is 0. The number of hydrogen-bond acceptors (Lipinski definition) is 8. The molecule has 0 radical (unpaired) electrons. The number of unbranched alkanes of at least 4 members (excludes halogenated alkanes) is 1. The van der Waals surface area contributed by atoms with Gasteiger partial charge < -0.3 is 33.8 Å². The number of fused-ring (bicyclic) bond motifs is 1. The summed E-state index contributed by atoms with van der Waals surface area (Å²) < 4.78 is 4.73. The van der Waals surface area contributed by atoms with E-state index in [1.165, 1.54) is 13.8 Å². The predicted octanol–water partition coefficient (Wildman–Crippen LogP) is -0.488. The summed E-state index contributed by atoms with van der Waals surface area (Å²) in [6.45, 7) is 2.62. The number of esters is 2. The molecule has 2 saturated heterocycles. The van der Waals surface area contributed by atoms with Crippen molar-refractivity contribution in [3.05, 3.63) is 0 Å². The number of ether oxygens (including phenoxy) is 1. The molecule has 5 N–H and O–H groups in total. The zero-order valence-electron chi connectivity index (χ0n) is 20.0. The van der Waals surface area contributed by atoms with E-state index < -0.39 is 29.4 Å². The third kappa shape index (κ3) is 8.70. The van der Waals surface area contributed by atoms with Crippen molar-refractivity contribution in [2.45, 2.75) is 69.4 Å². The Morgan fingerprint density at radius 3 is 2.61 bits per heavy atom. The summed E-state index contributed by atoms with van der Waals surface area (Å²) in [5.41, 5.74) is -1.00. The molecule has 3 amide bonds. The molecule has 2 aliphatic rings. The largest absolute Gasteiger partial charge is 2.00 e. The Kier molecular flexibility index (Phi) is 12.1. The first-order valence-electron chi connectivity index (χ1n) is 10.1. The molecule has 10 nitrogen and oxygen atoms in total. The number of thioether (sulfide) groups is 1. The predicted molar refractivity (Wildman–Crippen MR) is 118 cm³/mol. The minimum atomic E-state index is -1.42. The monoisotopic (exact) mass is 487 g/mol. The van der Waals surface area contributed by atoms with Gasteiger partial charge in [-0.2, -0.15) is 11.8 Å². The average molecular weight is 488 g/mol. The SMILES string of the molecule is CC(C)(CO)[C@@H](O)C(=O)NCCC(=O)OC(=O)CCCC[C@@H]1SC[C@@H]2NC(=O)N[C@@H]21.[Ca+2].[H-].[H-]. The van der Waals surface area contributed by atoms with E-state index in [0.29, 0.717) is 11.7 Å². The summed E-state index contributed by atoms with van der Waals surface area (Å²) in [6.07, 6.45) is 0.751. The first-order valence-corrected chi connectivity index (χ1v) is 11.2. The fourth-order valence-corrected chi connectivity index (χ4v) is 4.86. The standard InChI is InChI=1S/C19H31N3O7S.Ca.2H/c1-19(2,10-23)16(26)17(27)20-8-7-14(25)29-13(24)6-4-3-5-12-15-11(9-30-12)21-18(28)22-15;;;/h11-12,15-16,23,26H,3-10H2,1-2H3,(H,20,27)(H2,21,22,28);;;/q;+2;2*-1/t11-,12-,15-,16-;;;/m0.../s1. The van der Waals surface area contributed by atoms with E-state index in [0.717, 1.165) is 18.6 Å². The Balaban J connectivity index is 0. The second kappa shape index (κ2) is 13.2. The van der Waals surface area contributed by atoms with Crippen LogP contribution in [0.4, 0.5) is 4.79 Å². The number of hydrogen-bond donors (Lipinski definition) is 5. The van der Waals surface area contributed by atoms with E-state index in [-0.39, 0.29) is 84.7 Å². The molecule has 2 heterocycles. The maximum Gasteiger partial charge on any atom is 2.00 e. The Hall–Kier alpha value is -0.590. The van der Waals surface area contributed by atoms with Gasteiger partial charge in [0.1, 0.15) is 6.10 Å². The summed E-state index contributed by atoms with van der Waals surface area (Å²) >= 11 is 1.81. The summed E-state index contributed by atoms with van der Waals surface area (Å²) in [5.74, 6) is -1.17. The van der Waals surface area contributed by atoms with Crippen LogP contribution in [0.15, 0.2) is 0 Å². The minimum Gasteiger partial charge on any atom is -1.00 e. The van der Waals surface area contributed by atoms with E-state index in [1.54, 1.807) is 0 Å². The van der Waals surface area contributed by atoms with Crippen molar-refractivity contribution < 1.29 is 37.0 Å². The number of amides is 3. The molecule has 2 aliphatic heterocycles. The molecule has 2 rings (SSSR count). The van der Waals surface area contributed by atoms with Crippen molar-refractivity contribution in [3.63, 3.8) is 0 Å². The molecule has 0 saturated carbocycles. The fraction of sp³-hybridized carbons (Fsp3) is 0.789. The van der Waals surface area contributed by atoms with Gasteiger partial charge in [-0.05, 0) is 12.8 Å². The number of aliphatic hydroxyl groups is 2. The average Bonchev–Trinajstić information content (AvgIpc) is 3.23. The first kappa shape index (κ1) is 28.4. The second-order valence-corrected chi connectivity index (χ2v) is 9.58. The maximum absolute atomic E-state index is 11.8. The molecular weight excluding hydrogens is 454 g/mol. The van der Waals surface area contributed by atoms with Crippen molar-refractivity contribution >= 4 is 73.4 Å². The number of urea groups is 1. The van der Waals surface area contributed by atoms with E-state index in [9.17, 15) is 24.3 Å².